The third-order valence-electron chi connectivity index (χ3n) is 3.31. The Kier molecular flexibility index (Phi) is 2.96. The maximum Gasteiger partial charge on any atom is 0.325 e. The number of benzene rings is 1. The Hall–Kier alpha value is -1.35. The molecule has 1 aliphatic rings. The molecule has 0 bridgehead atoms. The highest BCUT2D eigenvalue weighted by Gasteiger charge is 2.26. The molecule has 2 rings (SSSR count). The maximum absolute atomic E-state index is 11.1. The zero-order valence-corrected chi connectivity index (χ0v) is 10.6. The molecule has 0 saturated heterocycles. The monoisotopic (exact) mass is 233 g/mol. The topological polar surface area (TPSA) is 49.3 Å². The van der Waals surface area contributed by atoms with Gasteiger partial charge in [0.1, 0.15) is 6.04 Å². The zero-order chi connectivity index (χ0) is 12.6. The van der Waals surface area contributed by atoms with Crippen molar-refractivity contribution >= 4 is 5.97 Å². The van der Waals surface area contributed by atoms with Crippen molar-refractivity contribution in [2.24, 2.45) is 0 Å². The molecule has 0 saturated carbocycles. The summed E-state index contributed by atoms with van der Waals surface area (Å²) in [4.78, 5) is 11.1. The fourth-order valence-corrected chi connectivity index (χ4v) is 2.25. The minimum absolute atomic E-state index is 0.110. The summed E-state index contributed by atoms with van der Waals surface area (Å²) in [5, 5.41) is 12.2. The Labute approximate surface area is 102 Å². The molecule has 0 amide bonds. The molecule has 1 unspecified atom stereocenters. The lowest BCUT2D eigenvalue weighted by molar-refractivity contribution is -0.139. The van der Waals surface area contributed by atoms with Crippen LogP contribution in [-0.2, 0) is 16.6 Å². The fourth-order valence-electron chi connectivity index (χ4n) is 2.25. The third kappa shape index (κ3) is 2.34. The average Bonchev–Trinajstić information content (AvgIpc) is 2.26. The van der Waals surface area contributed by atoms with E-state index in [1.165, 1.54) is 11.1 Å². The number of carboxylic acids is 1. The average molecular weight is 233 g/mol. The molecular formula is C14H19NO2. The van der Waals surface area contributed by atoms with Crippen LogP contribution in [0.15, 0.2) is 18.2 Å². The second-order valence-electron chi connectivity index (χ2n) is 5.64. The summed E-state index contributed by atoms with van der Waals surface area (Å²) < 4.78 is 0. The predicted molar refractivity (Wildman–Crippen MR) is 67.2 cm³/mol. The van der Waals surface area contributed by atoms with E-state index in [2.05, 4.69) is 32.2 Å². The molecule has 3 heteroatoms. The van der Waals surface area contributed by atoms with Crippen molar-refractivity contribution in [1.29, 1.82) is 0 Å². The molecule has 0 aromatic heterocycles. The van der Waals surface area contributed by atoms with E-state index in [-0.39, 0.29) is 5.41 Å². The van der Waals surface area contributed by atoms with Gasteiger partial charge in [0, 0.05) is 6.54 Å². The standard InChI is InChI=1S/C14H19NO2/c1-14(2,3)10-4-5-11-9(8-10)6-7-15-12(11)13(16)17/h4-5,8,12,15H,6-7H2,1-3H3,(H,16,17). The van der Waals surface area contributed by atoms with Gasteiger partial charge in [-0.15, -0.1) is 0 Å². The third-order valence-corrected chi connectivity index (χ3v) is 3.31. The summed E-state index contributed by atoms with van der Waals surface area (Å²) in [7, 11) is 0. The van der Waals surface area contributed by atoms with Crippen LogP contribution in [0.25, 0.3) is 0 Å². The smallest absolute Gasteiger partial charge is 0.325 e. The minimum Gasteiger partial charge on any atom is -0.480 e. The van der Waals surface area contributed by atoms with Gasteiger partial charge in [-0.3, -0.25) is 4.79 Å². The van der Waals surface area contributed by atoms with Gasteiger partial charge >= 0.3 is 5.97 Å². The Balaban J connectivity index is 2.43. The van der Waals surface area contributed by atoms with Crippen LogP contribution in [0.1, 0.15) is 43.5 Å². The second-order valence-corrected chi connectivity index (χ2v) is 5.64. The van der Waals surface area contributed by atoms with E-state index < -0.39 is 12.0 Å². The SMILES string of the molecule is CC(C)(C)c1ccc2c(c1)CCNC2C(=O)O. The molecule has 1 aromatic rings. The molecule has 1 aliphatic heterocycles. The molecule has 1 atom stereocenters. The number of nitrogens with one attached hydrogen (secondary N) is 1. The molecule has 0 spiro atoms. The Morgan fingerprint density at radius 3 is 2.71 bits per heavy atom. The number of carboxylic acid groups (broad SMARTS) is 1. The zero-order valence-electron chi connectivity index (χ0n) is 10.6. The van der Waals surface area contributed by atoms with Crippen LogP contribution in [0.3, 0.4) is 0 Å². The quantitative estimate of drug-likeness (QED) is 0.782. The fraction of sp³-hybridized carbons (Fsp3) is 0.500. The number of hydrogen-bond donors (Lipinski definition) is 2. The Morgan fingerprint density at radius 1 is 1.41 bits per heavy atom. The first-order valence-electron chi connectivity index (χ1n) is 5.99. The van der Waals surface area contributed by atoms with Gasteiger partial charge in [0.25, 0.3) is 0 Å². The summed E-state index contributed by atoms with van der Waals surface area (Å²) in [6, 6.07) is 5.61. The van der Waals surface area contributed by atoms with Crippen molar-refractivity contribution in [1.82, 2.24) is 5.32 Å². The van der Waals surface area contributed by atoms with Gasteiger partial charge in [-0.05, 0) is 28.5 Å². The van der Waals surface area contributed by atoms with Crippen LogP contribution in [-0.4, -0.2) is 17.6 Å². The van der Waals surface area contributed by atoms with Gasteiger partial charge in [-0.1, -0.05) is 39.0 Å². The van der Waals surface area contributed by atoms with Gasteiger partial charge in [0.05, 0.1) is 0 Å². The van der Waals surface area contributed by atoms with E-state index in [9.17, 15) is 4.79 Å². The van der Waals surface area contributed by atoms with E-state index in [1.54, 1.807) is 0 Å². The minimum atomic E-state index is -0.797. The van der Waals surface area contributed by atoms with Crippen molar-refractivity contribution in [3.63, 3.8) is 0 Å². The van der Waals surface area contributed by atoms with E-state index >= 15 is 0 Å². The van der Waals surface area contributed by atoms with E-state index in [1.807, 2.05) is 12.1 Å². The first-order valence-corrected chi connectivity index (χ1v) is 5.99. The van der Waals surface area contributed by atoms with Crippen LogP contribution in [0, 0.1) is 0 Å². The van der Waals surface area contributed by atoms with Crippen LogP contribution >= 0.6 is 0 Å². The van der Waals surface area contributed by atoms with Crippen LogP contribution < -0.4 is 5.32 Å². The van der Waals surface area contributed by atoms with Crippen molar-refractivity contribution in [3.05, 3.63) is 34.9 Å². The number of carbonyl (C=O) groups is 1. The Bertz CT molecular complexity index is 446. The second kappa shape index (κ2) is 4.15. The van der Waals surface area contributed by atoms with Crippen molar-refractivity contribution in [3.8, 4) is 0 Å². The molecular weight excluding hydrogens is 214 g/mol. The highest BCUT2D eigenvalue weighted by atomic mass is 16.4. The largest absolute Gasteiger partial charge is 0.480 e. The lowest BCUT2D eigenvalue weighted by atomic mass is 9.83. The first-order chi connectivity index (χ1) is 7.89. The molecule has 1 aromatic carbocycles. The molecule has 17 heavy (non-hydrogen) atoms. The van der Waals surface area contributed by atoms with E-state index in [0.29, 0.717) is 0 Å². The van der Waals surface area contributed by atoms with Gasteiger partial charge in [-0.25, -0.2) is 0 Å². The number of aliphatic carboxylic acids is 1. The van der Waals surface area contributed by atoms with Gasteiger partial charge in [-0.2, -0.15) is 0 Å². The predicted octanol–water partition coefficient (Wildman–Crippen LogP) is 2.26. The van der Waals surface area contributed by atoms with Crippen molar-refractivity contribution < 1.29 is 9.90 Å². The molecule has 2 N–H and O–H groups in total. The van der Waals surface area contributed by atoms with Crippen molar-refractivity contribution in [2.75, 3.05) is 6.54 Å². The molecule has 1 heterocycles. The lowest BCUT2D eigenvalue weighted by Crippen LogP contribution is -2.35. The highest BCUT2D eigenvalue weighted by molar-refractivity contribution is 5.76. The summed E-state index contributed by atoms with van der Waals surface area (Å²) >= 11 is 0. The van der Waals surface area contributed by atoms with Crippen molar-refractivity contribution in [2.45, 2.75) is 38.6 Å². The summed E-state index contributed by atoms with van der Waals surface area (Å²) in [6.45, 7) is 7.25. The normalized spacial score (nSPS) is 19.8. The summed E-state index contributed by atoms with van der Waals surface area (Å²) in [6.07, 6.45) is 0.906. The number of rotatable bonds is 1. The molecule has 0 fully saturated rings. The van der Waals surface area contributed by atoms with Crippen LogP contribution in [0.5, 0.6) is 0 Å². The van der Waals surface area contributed by atoms with E-state index in [0.717, 1.165) is 18.5 Å². The molecule has 0 aliphatic carbocycles. The molecule has 92 valence electrons. The highest BCUT2D eigenvalue weighted by Crippen LogP contribution is 2.29. The lowest BCUT2D eigenvalue weighted by Gasteiger charge is -2.27. The van der Waals surface area contributed by atoms with Gasteiger partial charge < -0.3 is 10.4 Å². The summed E-state index contributed by atoms with van der Waals surface area (Å²) in [5.41, 5.74) is 3.46. The Morgan fingerprint density at radius 2 is 2.12 bits per heavy atom. The van der Waals surface area contributed by atoms with Gasteiger partial charge in [0.2, 0.25) is 0 Å². The van der Waals surface area contributed by atoms with Gasteiger partial charge in [0.15, 0.2) is 0 Å². The molecule has 0 radical (unpaired) electrons. The molecule has 3 nitrogen and oxygen atoms in total. The number of fused-ring (bicyclic) bond motifs is 1. The first kappa shape index (κ1) is 12.1. The van der Waals surface area contributed by atoms with Crippen LogP contribution in [0.2, 0.25) is 0 Å². The van der Waals surface area contributed by atoms with Crippen LogP contribution in [0.4, 0.5) is 0 Å². The maximum atomic E-state index is 11.1. The number of hydrogen-bond acceptors (Lipinski definition) is 2. The van der Waals surface area contributed by atoms with E-state index in [4.69, 9.17) is 5.11 Å². The summed E-state index contributed by atoms with van der Waals surface area (Å²) in [5.74, 6) is -0.797.